The molecule has 0 amide bonds. The summed E-state index contributed by atoms with van der Waals surface area (Å²) in [5, 5.41) is 10.7. The summed E-state index contributed by atoms with van der Waals surface area (Å²) in [5.74, 6) is 5.00. The number of rotatable bonds is 5. The van der Waals surface area contributed by atoms with Crippen LogP contribution in [0.15, 0.2) is 89.8 Å². The van der Waals surface area contributed by atoms with E-state index in [0.29, 0.717) is 22.2 Å². The van der Waals surface area contributed by atoms with Gasteiger partial charge in [0.2, 0.25) is 0 Å². The highest BCUT2D eigenvalue weighted by Crippen LogP contribution is 2.26. The lowest BCUT2D eigenvalue weighted by Crippen LogP contribution is -2.14. The van der Waals surface area contributed by atoms with Crippen LogP contribution in [0.25, 0.3) is 10.8 Å². The van der Waals surface area contributed by atoms with E-state index < -0.39 is 16.0 Å². The maximum atomic E-state index is 13.2. The molecule has 4 rings (SSSR count). The smallest absolute Gasteiger partial charge is 0.339 e. The van der Waals surface area contributed by atoms with Crippen LogP contribution in [-0.2, 0) is 10.0 Å². The normalized spacial score (nSPS) is 10.8. The first-order valence-corrected chi connectivity index (χ1v) is 11.4. The van der Waals surface area contributed by atoms with Crippen molar-refractivity contribution in [1.29, 1.82) is 0 Å². The Bertz CT molecular complexity index is 1530. The summed E-state index contributed by atoms with van der Waals surface area (Å²) in [6.45, 7) is 0. The van der Waals surface area contributed by atoms with E-state index in [0.717, 1.165) is 5.39 Å². The topological polar surface area (TPSA) is 92.7 Å². The second-order valence-electron chi connectivity index (χ2n) is 7.10. The molecule has 0 atom stereocenters. The number of carboxylic acids is 1. The van der Waals surface area contributed by atoms with Crippen molar-refractivity contribution < 1.29 is 23.1 Å². The lowest BCUT2D eigenvalue weighted by molar-refractivity contribution is 0.0693. The summed E-state index contributed by atoms with van der Waals surface area (Å²) in [7, 11) is -2.49. The molecule has 4 aromatic carbocycles. The predicted molar refractivity (Wildman–Crippen MR) is 127 cm³/mol. The van der Waals surface area contributed by atoms with Crippen LogP contribution in [-0.4, -0.2) is 26.6 Å². The van der Waals surface area contributed by atoms with E-state index in [-0.39, 0.29) is 16.2 Å². The molecule has 0 heterocycles. The average Bonchev–Trinajstić information content (AvgIpc) is 2.82. The fraction of sp³-hybridized carbons (Fsp3) is 0.0385. The summed E-state index contributed by atoms with van der Waals surface area (Å²) >= 11 is 0. The van der Waals surface area contributed by atoms with Gasteiger partial charge in [0.25, 0.3) is 10.0 Å². The van der Waals surface area contributed by atoms with Crippen molar-refractivity contribution in [2.24, 2.45) is 0 Å². The molecule has 0 saturated heterocycles. The Labute approximate surface area is 191 Å². The van der Waals surface area contributed by atoms with Crippen molar-refractivity contribution in [3.05, 3.63) is 102 Å². The monoisotopic (exact) mass is 457 g/mol. The van der Waals surface area contributed by atoms with Gasteiger partial charge in [-0.05, 0) is 41.8 Å². The number of anilines is 1. The molecule has 7 heteroatoms. The minimum absolute atomic E-state index is 0.0336. The first-order chi connectivity index (χ1) is 15.9. The van der Waals surface area contributed by atoms with Crippen LogP contribution in [0.3, 0.4) is 0 Å². The van der Waals surface area contributed by atoms with Crippen LogP contribution in [0, 0.1) is 11.8 Å². The minimum atomic E-state index is -3.87. The zero-order chi connectivity index (χ0) is 23.4. The van der Waals surface area contributed by atoms with Crippen molar-refractivity contribution in [1.82, 2.24) is 0 Å². The van der Waals surface area contributed by atoms with Gasteiger partial charge in [-0.3, -0.25) is 4.72 Å². The Kier molecular flexibility index (Phi) is 6.03. The molecule has 0 radical (unpaired) electrons. The van der Waals surface area contributed by atoms with E-state index in [4.69, 9.17) is 4.74 Å². The van der Waals surface area contributed by atoms with Crippen LogP contribution in [0.2, 0.25) is 0 Å². The van der Waals surface area contributed by atoms with Gasteiger partial charge in [0.15, 0.2) is 0 Å². The largest absolute Gasteiger partial charge is 0.496 e. The molecule has 0 saturated carbocycles. The molecule has 33 heavy (non-hydrogen) atoms. The molecule has 6 nitrogen and oxygen atoms in total. The van der Waals surface area contributed by atoms with Gasteiger partial charge >= 0.3 is 5.97 Å². The Morgan fingerprint density at radius 2 is 1.64 bits per heavy atom. The second kappa shape index (κ2) is 9.07. The molecular formula is C26H19NO5S. The summed E-state index contributed by atoms with van der Waals surface area (Å²) in [6, 6.07) is 23.7. The number of ether oxygens (including phenoxy) is 1. The van der Waals surface area contributed by atoms with Gasteiger partial charge in [0, 0.05) is 16.5 Å². The third-order valence-corrected chi connectivity index (χ3v) is 6.41. The molecule has 0 aromatic heterocycles. The fourth-order valence-corrected chi connectivity index (χ4v) is 4.71. The van der Waals surface area contributed by atoms with Gasteiger partial charge in [-0.25, -0.2) is 13.2 Å². The first-order valence-electron chi connectivity index (χ1n) is 9.92. The van der Waals surface area contributed by atoms with Gasteiger partial charge in [-0.15, -0.1) is 0 Å². The number of fused-ring (bicyclic) bond motifs is 1. The summed E-state index contributed by atoms with van der Waals surface area (Å²) in [5.41, 5.74) is 1.38. The maximum absolute atomic E-state index is 13.2. The highest BCUT2D eigenvalue weighted by Gasteiger charge is 2.18. The molecule has 0 spiro atoms. The Morgan fingerprint density at radius 1 is 0.909 bits per heavy atom. The molecule has 0 bridgehead atoms. The Hall–Kier alpha value is -4.28. The third-order valence-electron chi connectivity index (χ3n) is 4.98. The zero-order valence-corrected chi connectivity index (χ0v) is 18.4. The van der Waals surface area contributed by atoms with Crippen LogP contribution in [0.5, 0.6) is 5.75 Å². The van der Waals surface area contributed by atoms with Crippen molar-refractivity contribution in [2.75, 3.05) is 11.8 Å². The molecule has 0 fully saturated rings. The lowest BCUT2D eigenvalue weighted by atomic mass is 10.1. The highest BCUT2D eigenvalue weighted by molar-refractivity contribution is 7.93. The van der Waals surface area contributed by atoms with Crippen LogP contribution in [0.4, 0.5) is 5.69 Å². The Balaban J connectivity index is 1.69. The van der Waals surface area contributed by atoms with Gasteiger partial charge in [0.05, 0.1) is 17.7 Å². The highest BCUT2D eigenvalue weighted by atomic mass is 32.2. The van der Waals surface area contributed by atoms with Crippen LogP contribution >= 0.6 is 0 Å². The number of hydrogen-bond acceptors (Lipinski definition) is 4. The number of sulfonamides is 1. The van der Waals surface area contributed by atoms with E-state index in [1.807, 2.05) is 18.2 Å². The fourth-order valence-electron chi connectivity index (χ4n) is 3.40. The predicted octanol–water partition coefficient (Wildman–Crippen LogP) is 4.75. The average molecular weight is 458 g/mol. The summed E-state index contributed by atoms with van der Waals surface area (Å²) in [6.07, 6.45) is 0. The first kappa shape index (κ1) is 21.9. The number of benzene rings is 4. The van der Waals surface area contributed by atoms with Crippen molar-refractivity contribution >= 4 is 32.5 Å². The van der Waals surface area contributed by atoms with Gasteiger partial charge in [-0.1, -0.05) is 60.4 Å². The van der Waals surface area contributed by atoms with E-state index in [9.17, 15) is 18.3 Å². The van der Waals surface area contributed by atoms with E-state index in [1.165, 1.54) is 19.2 Å². The van der Waals surface area contributed by atoms with Gasteiger partial charge in [-0.2, -0.15) is 0 Å². The van der Waals surface area contributed by atoms with E-state index in [2.05, 4.69) is 16.6 Å². The SMILES string of the molecule is COc1cc(C#Cc2ccccc2NS(=O)(=O)c2cccc3ccccc23)ccc1C(=O)O. The standard InChI is InChI=1S/C26H19NO5S/c1-32-24-17-18(14-16-22(24)26(28)29)13-15-20-8-3-5-11-23(20)27-33(30,31)25-12-6-9-19-7-2-4-10-21(19)25/h2-12,14,16-17,27H,1H3,(H,28,29). The van der Waals surface area contributed by atoms with Crippen molar-refractivity contribution in [2.45, 2.75) is 4.90 Å². The van der Waals surface area contributed by atoms with Crippen LogP contribution in [0.1, 0.15) is 21.5 Å². The molecule has 0 aliphatic heterocycles. The van der Waals surface area contributed by atoms with Gasteiger partial charge in [0.1, 0.15) is 11.3 Å². The van der Waals surface area contributed by atoms with E-state index >= 15 is 0 Å². The number of aromatic carboxylic acids is 1. The zero-order valence-electron chi connectivity index (χ0n) is 17.6. The molecular weight excluding hydrogens is 438 g/mol. The second-order valence-corrected chi connectivity index (χ2v) is 8.75. The van der Waals surface area contributed by atoms with E-state index in [1.54, 1.807) is 54.6 Å². The quantitative estimate of drug-likeness (QED) is 0.422. The van der Waals surface area contributed by atoms with Gasteiger partial charge < -0.3 is 9.84 Å². The Morgan fingerprint density at radius 3 is 2.42 bits per heavy atom. The molecule has 4 aromatic rings. The van der Waals surface area contributed by atoms with Crippen molar-refractivity contribution in [3.63, 3.8) is 0 Å². The summed E-state index contributed by atoms with van der Waals surface area (Å²) < 4.78 is 34.2. The molecule has 0 aliphatic rings. The lowest BCUT2D eigenvalue weighted by Gasteiger charge is -2.12. The number of carboxylic acid groups (broad SMARTS) is 1. The molecule has 0 unspecified atom stereocenters. The number of methoxy groups -OCH3 is 1. The number of para-hydroxylation sites is 1. The summed E-state index contributed by atoms with van der Waals surface area (Å²) in [4.78, 5) is 11.4. The molecule has 0 aliphatic carbocycles. The third kappa shape index (κ3) is 4.66. The van der Waals surface area contributed by atoms with Crippen LogP contribution < -0.4 is 9.46 Å². The number of hydrogen-bond donors (Lipinski definition) is 2. The van der Waals surface area contributed by atoms with Crippen molar-refractivity contribution in [3.8, 4) is 17.6 Å². The number of carbonyl (C=O) groups is 1. The number of nitrogens with one attached hydrogen (secondary N) is 1. The minimum Gasteiger partial charge on any atom is -0.496 e. The molecule has 164 valence electrons. The maximum Gasteiger partial charge on any atom is 0.339 e. The molecule has 2 N–H and O–H groups in total.